The first-order valence-corrected chi connectivity index (χ1v) is 8.07. The number of para-hydroxylation sites is 1. The Hall–Kier alpha value is -2.55. The maximum absolute atomic E-state index is 12.2. The zero-order valence-corrected chi connectivity index (χ0v) is 13.6. The molecule has 23 heavy (non-hydrogen) atoms. The summed E-state index contributed by atoms with van der Waals surface area (Å²) < 4.78 is 2.16. The molecule has 0 fully saturated rings. The monoisotopic (exact) mass is 306 g/mol. The molecule has 1 amide bonds. The average molecular weight is 306 g/mol. The normalized spacial score (nSPS) is 11.1. The Labute approximate surface area is 136 Å². The zero-order valence-electron chi connectivity index (χ0n) is 13.6. The molecule has 0 spiro atoms. The molecule has 0 saturated carbocycles. The molecule has 0 aliphatic carbocycles. The number of carbonyl (C=O) groups excluding carboxylic acids is 1. The highest BCUT2D eigenvalue weighted by Gasteiger charge is 2.06. The lowest BCUT2D eigenvalue weighted by Gasteiger charge is -2.09. The van der Waals surface area contributed by atoms with Crippen molar-refractivity contribution >= 4 is 16.8 Å². The smallest absolute Gasteiger partial charge is 0.251 e. The van der Waals surface area contributed by atoms with E-state index in [1.54, 1.807) is 0 Å². The second kappa shape index (κ2) is 6.69. The van der Waals surface area contributed by atoms with Crippen LogP contribution in [0.3, 0.4) is 0 Å². The van der Waals surface area contributed by atoms with Crippen LogP contribution >= 0.6 is 0 Å². The summed E-state index contributed by atoms with van der Waals surface area (Å²) in [5, 5.41) is 4.22. The first kappa shape index (κ1) is 15.3. The molecular weight excluding hydrogens is 284 g/mol. The van der Waals surface area contributed by atoms with Crippen LogP contribution in [-0.4, -0.2) is 17.0 Å². The maximum atomic E-state index is 12.2. The molecule has 0 atom stereocenters. The third kappa shape index (κ3) is 3.45. The summed E-state index contributed by atoms with van der Waals surface area (Å²) in [5.41, 5.74) is 3.16. The standard InChI is InChI=1S/C20H22N2O/c1-15(2)16-7-9-18(10-8-16)20(23)21-12-14-22-13-11-17-5-3-4-6-19(17)22/h3-11,13,15H,12,14H2,1-2H3,(H,21,23). The average Bonchev–Trinajstić information content (AvgIpc) is 2.98. The number of hydrogen-bond acceptors (Lipinski definition) is 1. The summed E-state index contributed by atoms with van der Waals surface area (Å²) in [6.45, 7) is 5.68. The number of benzene rings is 2. The molecule has 0 radical (unpaired) electrons. The predicted octanol–water partition coefficient (Wildman–Crippen LogP) is 4.19. The van der Waals surface area contributed by atoms with Crippen molar-refractivity contribution in [1.29, 1.82) is 0 Å². The van der Waals surface area contributed by atoms with E-state index >= 15 is 0 Å². The van der Waals surface area contributed by atoms with Crippen LogP contribution in [0.25, 0.3) is 10.9 Å². The van der Waals surface area contributed by atoms with Crippen molar-refractivity contribution in [2.45, 2.75) is 26.3 Å². The molecule has 0 aliphatic heterocycles. The van der Waals surface area contributed by atoms with Crippen molar-refractivity contribution in [1.82, 2.24) is 9.88 Å². The zero-order chi connectivity index (χ0) is 16.2. The molecule has 3 aromatic rings. The third-order valence-corrected chi connectivity index (χ3v) is 4.16. The highest BCUT2D eigenvalue weighted by molar-refractivity contribution is 5.94. The first-order chi connectivity index (χ1) is 11.1. The number of carbonyl (C=O) groups is 1. The summed E-state index contributed by atoms with van der Waals surface area (Å²) in [6, 6.07) is 18.2. The van der Waals surface area contributed by atoms with Gasteiger partial charge in [0.2, 0.25) is 0 Å². The van der Waals surface area contributed by atoms with Crippen molar-refractivity contribution in [3.05, 3.63) is 71.9 Å². The molecule has 1 heterocycles. The van der Waals surface area contributed by atoms with E-state index in [0.29, 0.717) is 18.0 Å². The Morgan fingerprint density at radius 1 is 1.04 bits per heavy atom. The lowest BCUT2D eigenvalue weighted by atomic mass is 10.0. The topological polar surface area (TPSA) is 34.0 Å². The molecular formula is C20H22N2O. The quantitative estimate of drug-likeness (QED) is 0.753. The predicted molar refractivity (Wildman–Crippen MR) is 94.8 cm³/mol. The van der Waals surface area contributed by atoms with E-state index in [2.05, 4.69) is 48.1 Å². The molecule has 0 unspecified atom stereocenters. The number of hydrogen-bond donors (Lipinski definition) is 1. The van der Waals surface area contributed by atoms with Gasteiger partial charge in [0.15, 0.2) is 0 Å². The van der Waals surface area contributed by atoms with Gasteiger partial charge < -0.3 is 9.88 Å². The van der Waals surface area contributed by atoms with E-state index in [1.165, 1.54) is 16.5 Å². The molecule has 3 nitrogen and oxygen atoms in total. The number of aromatic nitrogens is 1. The van der Waals surface area contributed by atoms with Gasteiger partial charge in [0.25, 0.3) is 5.91 Å². The highest BCUT2D eigenvalue weighted by Crippen LogP contribution is 2.15. The van der Waals surface area contributed by atoms with E-state index in [0.717, 1.165) is 6.54 Å². The van der Waals surface area contributed by atoms with Crippen LogP contribution in [-0.2, 0) is 6.54 Å². The van der Waals surface area contributed by atoms with Gasteiger partial charge in [-0.05, 0) is 41.1 Å². The Bertz CT molecular complexity index is 800. The maximum Gasteiger partial charge on any atom is 0.251 e. The largest absolute Gasteiger partial charge is 0.350 e. The van der Waals surface area contributed by atoms with Gasteiger partial charge in [-0.15, -0.1) is 0 Å². The number of fused-ring (bicyclic) bond motifs is 1. The minimum absolute atomic E-state index is 0.0169. The molecule has 1 aromatic heterocycles. The second-order valence-corrected chi connectivity index (χ2v) is 6.10. The lowest BCUT2D eigenvalue weighted by molar-refractivity contribution is 0.0952. The highest BCUT2D eigenvalue weighted by atomic mass is 16.1. The lowest BCUT2D eigenvalue weighted by Crippen LogP contribution is -2.27. The van der Waals surface area contributed by atoms with Crippen LogP contribution in [0.2, 0.25) is 0 Å². The fraction of sp³-hybridized carbons (Fsp3) is 0.250. The van der Waals surface area contributed by atoms with E-state index in [9.17, 15) is 4.79 Å². The van der Waals surface area contributed by atoms with Crippen LogP contribution in [0.4, 0.5) is 0 Å². The van der Waals surface area contributed by atoms with Crippen molar-refractivity contribution in [3.63, 3.8) is 0 Å². The summed E-state index contributed by atoms with van der Waals surface area (Å²) in [5.74, 6) is 0.464. The van der Waals surface area contributed by atoms with Gasteiger partial charge in [0.05, 0.1) is 0 Å². The van der Waals surface area contributed by atoms with Crippen LogP contribution in [0.1, 0.15) is 35.7 Å². The van der Waals surface area contributed by atoms with Crippen molar-refractivity contribution in [3.8, 4) is 0 Å². The fourth-order valence-electron chi connectivity index (χ4n) is 2.75. The van der Waals surface area contributed by atoms with Crippen molar-refractivity contribution in [2.75, 3.05) is 6.54 Å². The van der Waals surface area contributed by atoms with Crippen molar-refractivity contribution in [2.24, 2.45) is 0 Å². The molecule has 2 aromatic carbocycles. The van der Waals surface area contributed by atoms with Gasteiger partial charge in [0.1, 0.15) is 0 Å². The molecule has 1 N–H and O–H groups in total. The Morgan fingerprint density at radius 3 is 2.52 bits per heavy atom. The Morgan fingerprint density at radius 2 is 1.78 bits per heavy atom. The van der Waals surface area contributed by atoms with Gasteiger partial charge in [-0.1, -0.05) is 44.2 Å². The van der Waals surface area contributed by atoms with Crippen LogP contribution in [0.15, 0.2) is 60.8 Å². The summed E-state index contributed by atoms with van der Waals surface area (Å²) >= 11 is 0. The second-order valence-electron chi connectivity index (χ2n) is 6.10. The van der Waals surface area contributed by atoms with Gasteiger partial charge >= 0.3 is 0 Å². The minimum Gasteiger partial charge on any atom is -0.350 e. The number of rotatable bonds is 5. The van der Waals surface area contributed by atoms with E-state index in [4.69, 9.17) is 0 Å². The Kier molecular flexibility index (Phi) is 4.47. The van der Waals surface area contributed by atoms with Gasteiger partial charge in [-0.25, -0.2) is 0 Å². The van der Waals surface area contributed by atoms with Crippen LogP contribution in [0.5, 0.6) is 0 Å². The summed E-state index contributed by atoms with van der Waals surface area (Å²) in [6.07, 6.45) is 2.06. The summed E-state index contributed by atoms with van der Waals surface area (Å²) in [4.78, 5) is 12.2. The Balaban J connectivity index is 1.59. The van der Waals surface area contributed by atoms with Crippen molar-refractivity contribution < 1.29 is 4.79 Å². The van der Waals surface area contributed by atoms with Gasteiger partial charge in [-0.2, -0.15) is 0 Å². The van der Waals surface area contributed by atoms with Gasteiger partial charge in [-0.3, -0.25) is 4.79 Å². The molecule has 0 bridgehead atoms. The van der Waals surface area contributed by atoms with E-state index in [1.807, 2.05) is 36.4 Å². The molecule has 3 rings (SSSR count). The number of nitrogens with one attached hydrogen (secondary N) is 1. The van der Waals surface area contributed by atoms with Crippen LogP contribution in [0, 0.1) is 0 Å². The number of amides is 1. The molecule has 118 valence electrons. The third-order valence-electron chi connectivity index (χ3n) is 4.16. The molecule has 3 heteroatoms. The van der Waals surface area contributed by atoms with E-state index < -0.39 is 0 Å². The summed E-state index contributed by atoms with van der Waals surface area (Å²) in [7, 11) is 0. The van der Waals surface area contributed by atoms with Crippen LogP contribution < -0.4 is 5.32 Å². The fourth-order valence-corrected chi connectivity index (χ4v) is 2.75. The SMILES string of the molecule is CC(C)c1ccc(C(=O)NCCn2ccc3ccccc32)cc1. The van der Waals surface area contributed by atoms with E-state index in [-0.39, 0.29) is 5.91 Å². The molecule has 0 saturated heterocycles. The molecule has 0 aliphatic rings. The minimum atomic E-state index is -0.0169. The number of nitrogens with zero attached hydrogens (tertiary/aromatic N) is 1. The first-order valence-electron chi connectivity index (χ1n) is 8.07. The van der Waals surface area contributed by atoms with Gasteiger partial charge in [0, 0.05) is 30.4 Å².